The standard InChI is InChI=1S/C22H21Cl2N3O/c1-2-10-26(22(28)16-4-3-5-17(23)11-16)14-21-25-19-9-8-18(24)12-20(19)27(21)13-15-6-7-15/h2-5,8-9,11-12,15H,1,6-7,10,13-14H2. The van der Waals surface area contributed by atoms with Crippen molar-refractivity contribution in [3.63, 3.8) is 0 Å². The van der Waals surface area contributed by atoms with E-state index >= 15 is 0 Å². The number of rotatable bonds is 7. The highest BCUT2D eigenvalue weighted by Gasteiger charge is 2.26. The van der Waals surface area contributed by atoms with Gasteiger partial charge in [0.05, 0.1) is 17.6 Å². The van der Waals surface area contributed by atoms with Crippen molar-refractivity contribution in [3.05, 3.63) is 76.6 Å². The van der Waals surface area contributed by atoms with Gasteiger partial charge in [-0.1, -0.05) is 35.3 Å². The molecule has 1 aromatic heterocycles. The predicted octanol–water partition coefficient (Wildman–Crippen LogP) is 5.58. The Labute approximate surface area is 174 Å². The van der Waals surface area contributed by atoms with Crippen molar-refractivity contribution < 1.29 is 4.79 Å². The molecular formula is C22H21Cl2N3O. The molecule has 0 radical (unpaired) electrons. The van der Waals surface area contributed by atoms with Crippen molar-refractivity contribution in [2.24, 2.45) is 5.92 Å². The van der Waals surface area contributed by atoms with E-state index in [4.69, 9.17) is 28.2 Å². The van der Waals surface area contributed by atoms with Crippen LogP contribution in [0.15, 0.2) is 55.1 Å². The summed E-state index contributed by atoms with van der Waals surface area (Å²) >= 11 is 12.3. The number of carbonyl (C=O) groups excluding carboxylic acids is 1. The molecule has 0 atom stereocenters. The highest BCUT2D eigenvalue weighted by atomic mass is 35.5. The fraction of sp³-hybridized carbons (Fsp3) is 0.273. The minimum Gasteiger partial charge on any atom is -0.327 e. The number of hydrogen-bond donors (Lipinski definition) is 0. The van der Waals surface area contributed by atoms with Gasteiger partial charge in [-0.05, 0) is 55.2 Å². The zero-order chi connectivity index (χ0) is 19.7. The van der Waals surface area contributed by atoms with Crippen LogP contribution in [-0.4, -0.2) is 26.9 Å². The van der Waals surface area contributed by atoms with Gasteiger partial charge in [0.2, 0.25) is 0 Å². The fourth-order valence-electron chi connectivity index (χ4n) is 3.38. The van der Waals surface area contributed by atoms with Gasteiger partial charge in [-0.3, -0.25) is 4.79 Å². The van der Waals surface area contributed by atoms with Crippen LogP contribution in [0.25, 0.3) is 11.0 Å². The zero-order valence-electron chi connectivity index (χ0n) is 15.4. The molecule has 1 fully saturated rings. The van der Waals surface area contributed by atoms with E-state index in [1.807, 2.05) is 18.2 Å². The van der Waals surface area contributed by atoms with E-state index in [1.54, 1.807) is 35.2 Å². The van der Waals surface area contributed by atoms with Gasteiger partial charge in [0.25, 0.3) is 5.91 Å². The highest BCUT2D eigenvalue weighted by Crippen LogP contribution is 2.33. The molecule has 0 N–H and O–H groups in total. The Morgan fingerprint density at radius 1 is 1.21 bits per heavy atom. The molecule has 0 bridgehead atoms. The van der Waals surface area contributed by atoms with E-state index in [0.717, 1.165) is 23.4 Å². The maximum Gasteiger partial charge on any atom is 0.254 e. The summed E-state index contributed by atoms with van der Waals surface area (Å²) in [6.45, 7) is 5.54. The SMILES string of the molecule is C=CCN(Cc1nc2ccc(Cl)cc2n1CC1CC1)C(=O)c1cccc(Cl)c1. The van der Waals surface area contributed by atoms with Crippen molar-refractivity contribution >= 4 is 40.1 Å². The number of aromatic nitrogens is 2. The van der Waals surface area contributed by atoms with E-state index in [1.165, 1.54) is 12.8 Å². The molecule has 4 nitrogen and oxygen atoms in total. The first-order valence-electron chi connectivity index (χ1n) is 9.35. The minimum absolute atomic E-state index is 0.0922. The van der Waals surface area contributed by atoms with Crippen LogP contribution in [0.2, 0.25) is 10.0 Å². The molecule has 4 rings (SSSR count). The molecule has 1 amide bonds. The third-order valence-electron chi connectivity index (χ3n) is 4.97. The second kappa shape index (κ2) is 7.98. The van der Waals surface area contributed by atoms with E-state index in [-0.39, 0.29) is 5.91 Å². The third-order valence-corrected chi connectivity index (χ3v) is 5.44. The van der Waals surface area contributed by atoms with Crippen molar-refractivity contribution in [1.29, 1.82) is 0 Å². The number of benzene rings is 2. The molecule has 3 aromatic rings. The lowest BCUT2D eigenvalue weighted by atomic mass is 10.2. The van der Waals surface area contributed by atoms with Gasteiger partial charge in [0.1, 0.15) is 5.82 Å². The predicted molar refractivity (Wildman–Crippen MR) is 114 cm³/mol. The minimum atomic E-state index is -0.0922. The molecule has 0 saturated heterocycles. The van der Waals surface area contributed by atoms with Gasteiger partial charge in [0.15, 0.2) is 0 Å². The van der Waals surface area contributed by atoms with E-state index in [2.05, 4.69) is 11.1 Å². The first-order chi connectivity index (χ1) is 13.5. The molecule has 0 spiro atoms. The number of halogens is 2. The number of carbonyl (C=O) groups is 1. The first kappa shape index (κ1) is 19.0. The molecular weight excluding hydrogens is 393 g/mol. The van der Waals surface area contributed by atoms with E-state index < -0.39 is 0 Å². The summed E-state index contributed by atoms with van der Waals surface area (Å²) in [6, 6.07) is 12.7. The number of amides is 1. The molecule has 1 aliphatic carbocycles. The quantitative estimate of drug-likeness (QED) is 0.474. The summed E-state index contributed by atoms with van der Waals surface area (Å²) in [5.74, 6) is 1.44. The maximum atomic E-state index is 13.1. The third kappa shape index (κ3) is 4.08. The Hall–Kier alpha value is -2.30. The maximum absolute atomic E-state index is 13.1. The van der Waals surface area contributed by atoms with Crippen molar-refractivity contribution in [1.82, 2.24) is 14.5 Å². The average Bonchev–Trinajstić information content (AvgIpc) is 3.44. The molecule has 0 unspecified atom stereocenters. The summed E-state index contributed by atoms with van der Waals surface area (Å²) in [5.41, 5.74) is 2.47. The number of hydrogen-bond acceptors (Lipinski definition) is 2. The van der Waals surface area contributed by atoms with E-state index in [9.17, 15) is 4.79 Å². The van der Waals surface area contributed by atoms with Gasteiger partial charge < -0.3 is 9.47 Å². The zero-order valence-corrected chi connectivity index (χ0v) is 17.0. The Bertz CT molecular complexity index is 1040. The van der Waals surface area contributed by atoms with Crippen LogP contribution < -0.4 is 0 Å². The summed E-state index contributed by atoms with van der Waals surface area (Å²) in [7, 11) is 0. The normalized spacial score (nSPS) is 13.6. The molecule has 6 heteroatoms. The second-order valence-corrected chi connectivity index (χ2v) is 8.07. The van der Waals surface area contributed by atoms with Crippen LogP contribution in [0.5, 0.6) is 0 Å². The van der Waals surface area contributed by atoms with Crippen molar-refractivity contribution in [3.8, 4) is 0 Å². The average molecular weight is 414 g/mol. The fourth-order valence-corrected chi connectivity index (χ4v) is 3.74. The molecule has 2 aromatic carbocycles. The summed E-state index contributed by atoms with van der Waals surface area (Å²) in [5, 5.41) is 1.23. The van der Waals surface area contributed by atoms with Gasteiger partial charge in [-0.15, -0.1) is 6.58 Å². The topological polar surface area (TPSA) is 38.1 Å². The van der Waals surface area contributed by atoms with Crippen LogP contribution in [0.1, 0.15) is 29.0 Å². The van der Waals surface area contributed by atoms with Crippen molar-refractivity contribution in [2.45, 2.75) is 25.9 Å². The van der Waals surface area contributed by atoms with Crippen LogP contribution in [-0.2, 0) is 13.1 Å². The number of nitrogens with zero attached hydrogens (tertiary/aromatic N) is 3. The number of imidazole rings is 1. The molecule has 144 valence electrons. The number of fused-ring (bicyclic) bond motifs is 1. The Kier molecular flexibility index (Phi) is 5.42. The second-order valence-electron chi connectivity index (χ2n) is 7.20. The molecule has 1 heterocycles. The smallest absolute Gasteiger partial charge is 0.254 e. The summed E-state index contributed by atoms with van der Waals surface area (Å²) < 4.78 is 2.21. The monoisotopic (exact) mass is 413 g/mol. The largest absolute Gasteiger partial charge is 0.327 e. The lowest BCUT2D eigenvalue weighted by Gasteiger charge is -2.22. The van der Waals surface area contributed by atoms with Crippen LogP contribution in [0.3, 0.4) is 0 Å². The Balaban J connectivity index is 1.69. The molecule has 0 aliphatic heterocycles. The van der Waals surface area contributed by atoms with Gasteiger partial charge >= 0.3 is 0 Å². The first-order valence-corrected chi connectivity index (χ1v) is 10.1. The van der Waals surface area contributed by atoms with Gasteiger partial charge in [-0.25, -0.2) is 4.98 Å². The Morgan fingerprint density at radius 3 is 2.71 bits per heavy atom. The summed E-state index contributed by atoms with van der Waals surface area (Å²) in [4.78, 5) is 19.6. The lowest BCUT2D eigenvalue weighted by molar-refractivity contribution is 0.0757. The van der Waals surface area contributed by atoms with Crippen LogP contribution in [0, 0.1) is 5.92 Å². The molecule has 1 saturated carbocycles. The summed E-state index contributed by atoms with van der Waals surface area (Å²) in [6.07, 6.45) is 4.20. The van der Waals surface area contributed by atoms with Crippen LogP contribution in [0.4, 0.5) is 0 Å². The van der Waals surface area contributed by atoms with Gasteiger partial charge in [0, 0.05) is 28.7 Å². The lowest BCUT2D eigenvalue weighted by Crippen LogP contribution is -2.32. The highest BCUT2D eigenvalue weighted by molar-refractivity contribution is 6.31. The van der Waals surface area contributed by atoms with Crippen molar-refractivity contribution in [2.75, 3.05) is 6.54 Å². The van der Waals surface area contributed by atoms with E-state index in [0.29, 0.717) is 34.6 Å². The molecule has 28 heavy (non-hydrogen) atoms. The Morgan fingerprint density at radius 2 is 2.00 bits per heavy atom. The molecule has 1 aliphatic rings. The van der Waals surface area contributed by atoms with Crippen LogP contribution >= 0.6 is 23.2 Å². The van der Waals surface area contributed by atoms with Gasteiger partial charge in [-0.2, -0.15) is 0 Å².